The van der Waals surface area contributed by atoms with Crippen molar-refractivity contribution in [3.63, 3.8) is 0 Å². The molecule has 2 unspecified atom stereocenters. The zero-order valence-corrected chi connectivity index (χ0v) is 67.3. The molecule has 19 heteroatoms. The normalized spacial score (nSPS) is 13.9. The number of phosphoric ester groups is 2. The molecule has 5 atom stereocenters. The van der Waals surface area contributed by atoms with Crippen LogP contribution in [0.25, 0.3) is 0 Å². The second kappa shape index (κ2) is 72.6. The number of carbonyl (C=O) groups excluding carboxylic acids is 4. The van der Waals surface area contributed by atoms with Crippen molar-refractivity contribution in [2.45, 2.75) is 445 Å². The number of esters is 4. The molecule has 0 aromatic carbocycles. The third kappa shape index (κ3) is 74.3. The summed E-state index contributed by atoms with van der Waals surface area (Å²) in [6.45, 7) is 9.47. The van der Waals surface area contributed by atoms with Crippen LogP contribution in [0.3, 0.4) is 0 Å². The van der Waals surface area contributed by atoms with Gasteiger partial charge in [0.15, 0.2) is 12.2 Å². The monoisotopic (exact) mass is 1470 g/mol. The molecule has 0 fully saturated rings. The van der Waals surface area contributed by atoms with Crippen molar-refractivity contribution in [1.29, 1.82) is 0 Å². The molecule has 0 spiro atoms. The Balaban J connectivity index is 5.17. The number of hydrogen-bond acceptors (Lipinski definition) is 15. The fraction of sp³-hybridized carbons (Fsp3) is 0.951. The van der Waals surface area contributed by atoms with E-state index >= 15 is 0 Å². The molecule has 0 heterocycles. The highest BCUT2D eigenvalue weighted by molar-refractivity contribution is 7.47. The third-order valence-corrected chi connectivity index (χ3v) is 20.9. The molecule has 3 N–H and O–H groups in total. The zero-order chi connectivity index (χ0) is 73.5. The molecule has 0 aromatic heterocycles. The van der Waals surface area contributed by atoms with E-state index < -0.39 is 97.5 Å². The number of ether oxygens (including phenoxy) is 4. The molecule has 0 aliphatic rings. The summed E-state index contributed by atoms with van der Waals surface area (Å²) in [5, 5.41) is 10.6. The number of rotatable bonds is 80. The van der Waals surface area contributed by atoms with Crippen LogP contribution in [0.2, 0.25) is 0 Å². The van der Waals surface area contributed by atoms with Gasteiger partial charge in [0.1, 0.15) is 19.3 Å². The van der Waals surface area contributed by atoms with Crippen LogP contribution in [0.15, 0.2) is 0 Å². The molecule has 0 aliphatic heterocycles. The van der Waals surface area contributed by atoms with Crippen LogP contribution in [0.5, 0.6) is 0 Å². The third-order valence-electron chi connectivity index (χ3n) is 19.0. The molecular formula is C81H158O17P2. The van der Waals surface area contributed by atoms with Crippen molar-refractivity contribution in [2.75, 3.05) is 39.6 Å². The molecule has 0 saturated heterocycles. The second-order valence-electron chi connectivity index (χ2n) is 30.1. The van der Waals surface area contributed by atoms with Crippen molar-refractivity contribution in [1.82, 2.24) is 0 Å². The van der Waals surface area contributed by atoms with Crippen molar-refractivity contribution >= 4 is 39.5 Å². The molecule has 0 bridgehead atoms. The summed E-state index contributed by atoms with van der Waals surface area (Å²) in [6, 6.07) is 0. The smallest absolute Gasteiger partial charge is 0.462 e. The average Bonchev–Trinajstić information content (AvgIpc) is 0.936. The maximum atomic E-state index is 13.1. The van der Waals surface area contributed by atoms with Crippen LogP contribution in [-0.4, -0.2) is 96.7 Å². The molecule has 0 saturated carbocycles. The first-order chi connectivity index (χ1) is 48.4. The van der Waals surface area contributed by atoms with E-state index in [1.165, 1.54) is 238 Å². The average molecular weight is 1470 g/mol. The van der Waals surface area contributed by atoms with Gasteiger partial charge in [-0.25, -0.2) is 9.13 Å². The molecule has 0 rings (SSSR count). The number of unbranched alkanes of at least 4 members (excludes halogenated alkanes) is 50. The number of phosphoric acid groups is 2. The molecule has 0 radical (unpaired) electrons. The first kappa shape index (κ1) is 98.1. The Morgan fingerprint density at radius 3 is 0.680 bits per heavy atom. The van der Waals surface area contributed by atoms with Gasteiger partial charge in [-0.2, -0.15) is 0 Å². The van der Waals surface area contributed by atoms with Gasteiger partial charge in [-0.05, 0) is 37.5 Å². The SMILES string of the molecule is CCCCCCCCCCCCCCCCCCCCCCCCC(=O)O[C@H](COC(=O)CCCCCCCCCCCCCCCCCCCCC)COP(=O)(O)OC[C@@H](O)COP(=O)(O)OC[C@@H](COC(=O)CCCCCCCCC(C)C)OC(=O)CCCCCCCCCC(C)C. The van der Waals surface area contributed by atoms with E-state index in [0.29, 0.717) is 37.5 Å². The highest BCUT2D eigenvalue weighted by Gasteiger charge is 2.30. The Hall–Kier alpha value is -1.94. The van der Waals surface area contributed by atoms with Crippen LogP contribution in [0.4, 0.5) is 0 Å². The van der Waals surface area contributed by atoms with Crippen molar-refractivity contribution in [3.8, 4) is 0 Å². The topological polar surface area (TPSA) is 237 Å². The van der Waals surface area contributed by atoms with Gasteiger partial charge in [-0.15, -0.1) is 0 Å². The number of aliphatic hydroxyl groups excluding tert-OH is 1. The Labute approximate surface area is 613 Å². The van der Waals surface area contributed by atoms with Gasteiger partial charge < -0.3 is 33.8 Å². The van der Waals surface area contributed by atoms with Gasteiger partial charge >= 0.3 is 39.5 Å². The first-order valence-corrected chi connectivity index (χ1v) is 45.0. The van der Waals surface area contributed by atoms with Crippen LogP contribution in [-0.2, 0) is 65.4 Å². The van der Waals surface area contributed by atoms with Gasteiger partial charge in [0.05, 0.1) is 26.4 Å². The lowest BCUT2D eigenvalue weighted by Crippen LogP contribution is -2.30. The largest absolute Gasteiger partial charge is 0.472 e. The summed E-state index contributed by atoms with van der Waals surface area (Å²) in [5.74, 6) is -0.742. The van der Waals surface area contributed by atoms with Gasteiger partial charge in [-0.1, -0.05) is 375 Å². The molecule has 100 heavy (non-hydrogen) atoms. The Morgan fingerprint density at radius 2 is 0.460 bits per heavy atom. The lowest BCUT2D eigenvalue weighted by atomic mass is 10.0. The maximum absolute atomic E-state index is 13.1. The summed E-state index contributed by atoms with van der Waals surface area (Å²) in [5.41, 5.74) is 0. The maximum Gasteiger partial charge on any atom is 0.472 e. The van der Waals surface area contributed by atoms with Gasteiger partial charge in [0, 0.05) is 25.7 Å². The fourth-order valence-electron chi connectivity index (χ4n) is 12.5. The zero-order valence-electron chi connectivity index (χ0n) is 65.5. The van der Waals surface area contributed by atoms with Crippen molar-refractivity contribution < 1.29 is 80.2 Å². The Bertz CT molecular complexity index is 1920. The Kier molecular flexibility index (Phi) is 71.2. The quantitative estimate of drug-likeness (QED) is 0.0222. The molecule has 17 nitrogen and oxygen atoms in total. The van der Waals surface area contributed by atoms with Gasteiger partial charge in [0.25, 0.3) is 0 Å². The van der Waals surface area contributed by atoms with E-state index in [1.807, 2.05) is 0 Å². The molecule has 0 amide bonds. The minimum absolute atomic E-state index is 0.103. The fourth-order valence-corrected chi connectivity index (χ4v) is 14.1. The number of aliphatic hydroxyl groups is 1. The summed E-state index contributed by atoms with van der Waals surface area (Å²) < 4.78 is 68.6. The highest BCUT2D eigenvalue weighted by atomic mass is 31.2. The molecule has 0 aliphatic carbocycles. The van der Waals surface area contributed by atoms with E-state index in [2.05, 4.69) is 41.5 Å². The first-order valence-electron chi connectivity index (χ1n) is 42.0. The van der Waals surface area contributed by atoms with Crippen LogP contribution >= 0.6 is 15.6 Å². The summed E-state index contributed by atoms with van der Waals surface area (Å²) >= 11 is 0. The lowest BCUT2D eigenvalue weighted by molar-refractivity contribution is -0.161. The van der Waals surface area contributed by atoms with Crippen molar-refractivity contribution in [3.05, 3.63) is 0 Å². The van der Waals surface area contributed by atoms with Crippen molar-refractivity contribution in [2.24, 2.45) is 11.8 Å². The van der Waals surface area contributed by atoms with Gasteiger partial charge in [0.2, 0.25) is 0 Å². The molecule has 594 valence electrons. The predicted octanol–water partition coefficient (Wildman–Crippen LogP) is 24.3. The number of carbonyl (C=O) groups is 4. The molecular weight excluding hydrogens is 1310 g/mol. The minimum atomic E-state index is -4.96. The highest BCUT2D eigenvalue weighted by Crippen LogP contribution is 2.45. The van der Waals surface area contributed by atoms with Crippen LogP contribution in [0.1, 0.15) is 427 Å². The van der Waals surface area contributed by atoms with E-state index in [0.717, 1.165) is 96.3 Å². The summed E-state index contributed by atoms with van der Waals surface area (Å²) in [6.07, 6.45) is 63.1. The van der Waals surface area contributed by atoms with E-state index in [9.17, 15) is 43.2 Å². The van der Waals surface area contributed by atoms with Gasteiger partial charge in [-0.3, -0.25) is 37.3 Å². The molecule has 0 aromatic rings. The van der Waals surface area contributed by atoms with Crippen LogP contribution < -0.4 is 0 Å². The number of hydrogen-bond donors (Lipinski definition) is 3. The lowest BCUT2D eigenvalue weighted by Gasteiger charge is -2.21. The second-order valence-corrected chi connectivity index (χ2v) is 33.0. The summed E-state index contributed by atoms with van der Waals surface area (Å²) in [4.78, 5) is 72.9. The standard InChI is InChI=1S/C81H158O17P2/c1-7-9-11-13-15-17-19-21-23-25-27-28-29-31-33-35-37-39-41-45-53-59-65-80(85)97-76(69-91-78(83)63-57-51-44-40-38-36-34-32-30-26-24-22-20-18-16-14-12-10-8-2)71-95-99(87,88)93-67-75(82)68-94-100(89,90)96-72-77(70-92-79(84)64-58-52-48-47-50-56-62-74(5)6)98-81(86)66-60-54-46-42-43-49-55-61-73(3)4/h73-77,82H,7-72H2,1-6H3,(H,87,88)(H,89,90)/t75-,76-,77-/m1/s1. The summed E-state index contributed by atoms with van der Waals surface area (Å²) in [7, 11) is -9.91. The Morgan fingerprint density at radius 1 is 0.270 bits per heavy atom. The van der Waals surface area contributed by atoms with E-state index in [-0.39, 0.29) is 25.7 Å². The van der Waals surface area contributed by atoms with E-state index in [1.54, 1.807) is 0 Å². The predicted molar refractivity (Wildman–Crippen MR) is 409 cm³/mol. The van der Waals surface area contributed by atoms with Crippen LogP contribution in [0, 0.1) is 11.8 Å². The minimum Gasteiger partial charge on any atom is -0.462 e. The van der Waals surface area contributed by atoms with E-state index in [4.69, 9.17) is 37.0 Å².